The van der Waals surface area contributed by atoms with Crippen molar-refractivity contribution in [1.29, 1.82) is 0 Å². The number of fused-ring (bicyclic) bond motifs is 1. The van der Waals surface area contributed by atoms with Crippen molar-refractivity contribution in [2.24, 2.45) is 0 Å². The van der Waals surface area contributed by atoms with Gasteiger partial charge >= 0.3 is 18.2 Å². The molecular weight excluding hydrogens is 526 g/mol. The Morgan fingerprint density at radius 3 is 2.39 bits per heavy atom. The lowest BCUT2D eigenvalue weighted by Gasteiger charge is -2.44. The summed E-state index contributed by atoms with van der Waals surface area (Å²) >= 11 is 0. The minimum atomic E-state index is -0.759. The third kappa shape index (κ3) is 8.08. The summed E-state index contributed by atoms with van der Waals surface area (Å²) in [5.74, 6) is -0.418. The number of hydrogen-bond acceptors (Lipinski definition) is 8. The highest BCUT2D eigenvalue weighted by molar-refractivity contribution is 5.92. The van der Waals surface area contributed by atoms with E-state index in [2.05, 4.69) is 10.6 Å². The van der Waals surface area contributed by atoms with Crippen LogP contribution < -0.4 is 10.6 Å². The van der Waals surface area contributed by atoms with Crippen molar-refractivity contribution < 1.29 is 33.3 Å². The molecular formula is C31H39N3O7. The first-order valence-electron chi connectivity index (χ1n) is 13.9. The number of nitrogens with one attached hydrogen (secondary N) is 2. The van der Waals surface area contributed by atoms with Gasteiger partial charge in [0.1, 0.15) is 18.2 Å². The molecule has 2 heterocycles. The van der Waals surface area contributed by atoms with E-state index in [1.165, 1.54) is 4.57 Å². The van der Waals surface area contributed by atoms with Crippen molar-refractivity contribution in [3.8, 4) is 0 Å². The number of carbonyl (C=O) groups is 3. The summed E-state index contributed by atoms with van der Waals surface area (Å²) in [7, 11) is 0. The molecule has 10 nitrogen and oxygen atoms in total. The Morgan fingerprint density at radius 2 is 1.73 bits per heavy atom. The maximum absolute atomic E-state index is 13.3. The van der Waals surface area contributed by atoms with Crippen LogP contribution in [0.3, 0.4) is 0 Å². The van der Waals surface area contributed by atoms with E-state index in [-0.39, 0.29) is 26.2 Å². The molecule has 3 aromatic rings. The Kier molecular flexibility index (Phi) is 9.67. The molecule has 1 aliphatic heterocycles. The molecule has 1 amide bonds. The first kappa shape index (κ1) is 30.1. The van der Waals surface area contributed by atoms with E-state index in [1.807, 2.05) is 82.3 Å². The third-order valence-electron chi connectivity index (χ3n) is 6.56. The van der Waals surface area contributed by atoms with Crippen LogP contribution >= 0.6 is 0 Å². The van der Waals surface area contributed by atoms with Crippen molar-refractivity contribution in [2.45, 2.75) is 64.3 Å². The predicted molar refractivity (Wildman–Crippen MR) is 154 cm³/mol. The van der Waals surface area contributed by atoms with E-state index in [0.29, 0.717) is 25.2 Å². The molecule has 41 heavy (non-hydrogen) atoms. The maximum atomic E-state index is 13.3. The van der Waals surface area contributed by atoms with Crippen molar-refractivity contribution in [1.82, 2.24) is 15.2 Å². The van der Waals surface area contributed by atoms with Gasteiger partial charge in [-0.15, -0.1) is 0 Å². The number of aromatic nitrogens is 1. The van der Waals surface area contributed by atoms with Crippen molar-refractivity contribution in [3.63, 3.8) is 0 Å². The number of carbonyl (C=O) groups excluding carboxylic acids is 3. The van der Waals surface area contributed by atoms with Gasteiger partial charge in [0, 0.05) is 24.5 Å². The molecule has 1 aromatic heterocycles. The second kappa shape index (κ2) is 13.2. The molecule has 10 heteroatoms. The summed E-state index contributed by atoms with van der Waals surface area (Å²) in [6, 6.07) is 16.1. The maximum Gasteiger partial charge on any atom is 0.419 e. The van der Waals surface area contributed by atoms with Gasteiger partial charge in [-0.25, -0.2) is 9.59 Å². The fourth-order valence-electron chi connectivity index (χ4n) is 4.56. The second-order valence-electron chi connectivity index (χ2n) is 11.3. The minimum absolute atomic E-state index is 0.150. The fraction of sp³-hybridized carbons (Fsp3) is 0.452. The van der Waals surface area contributed by atoms with E-state index in [4.69, 9.17) is 18.9 Å². The summed E-state index contributed by atoms with van der Waals surface area (Å²) < 4.78 is 23.4. The number of nitrogens with zero attached hydrogens (tertiary/aromatic N) is 1. The van der Waals surface area contributed by atoms with Gasteiger partial charge in [-0.1, -0.05) is 55.5 Å². The average Bonchev–Trinajstić information content (AvgIpc) is 3.29. The molecule has 1 saturated heterocycles. The quantitative estimate of drug-likeness (QED) is 0.257. The SMILES string of the molecule is CCCOC(=O)[C@H](Cc1cn(C(=O)OC(C)(C)C)c2ccccc12)NC1(CNC(=O)OCc2ccccc2)COC1. The first-order valence-corrected chi connectivity index (χ1v) is 13.9. The predicted octanol–water partition coefficient (Wildman–Crippen LogP) is 4.57. The molecule has 1 aliphatic rings. The Labute approximate surface area is 240 Å². The van der Waals surface area contributed by atoms with Crippen LogP contribution in [0.25, 0.3) is 10.9 Å². The lowest BCUT2D eigenvalue weighted by Crippen LogP contribution is -2.69. The molecule has 0 bridgehead atoms. The Hall–Kier alpha value is -3.89. The van der Waals surface area contributed by atoms with Crippen LogP contribution in [-0.4, -0.2) is 66.3 Å². The highest BCUT2D eigenvalue weighted by Crippen LogP contribution is 2.26. The van der Waals surface area contributed by atoms with E-state index in [1.54, 1.807) is 6.20 Å². The van der Waals surface area contributed by atoms with E-state index in [0.717, 1.165) is 16.5 Å². The highest BCUT2D eigenvalue weighted by Gasteiger charge is 2.42. The number of esters is 1. The van der Waals surface area contributed by atoms with Crippen LogP contribution in [0.2, 0.25) is 0 Å². The fourth-order valence-corrected chi connectivity index (χ4v) is 4.56. The van der Waals surface area contributed by atoms with Gasteiger partial charge in [0.2, 0.25) is 0 Å². The summed E-state index contributed by atoms with van der Waals surface area (Å²) in [6.45, 7) is 8.58. The molecule has 0 spiro atoms. The van der Waals surface area contributed by atoms with Crippen molar-refractivity contribution in [2.75, 3.05) is 26.4 Å². The zero-order chi connectivity index (χ0) is 29.5. The van der Waals surface area contributed by atoms with Crippen molar-refractivity contribution >= 4 is 29.1 Å². The molecule has 2 aromatic carbocycles. The second-order valence-corrected chi connectivity index (χ2v) is 11.3. The summed E-state index contributed by atoms with van der Waals surface area (Å²) in [6.07, 6.45) is 1.58. The van der Waals surface area contributed by atoms with Crippen LogP contribution in [-0.2, 0) is 36.8 Å². The summed E-state index contributed by atoms with van der Waals surface area (Å²) in [4.78, 5) is 38.7. The Bertz CT molecular complexity index is 1340. The first-order chi connectivity index (χ1) is 19.6. The lowest BCUT2D eigenvalue weighted by molar-refractivity contribution is -0.149. The summed E-state index contributed by atoms with van der Waals surface area (Å²) in [5.41, 5.74) is 0.991. The number of ether oxygens (including phenoxy) is 4. The van der Waals surface area contributed by atoms with Crippen LogP contribution in [0.1, 0.15) is 45.2 Å². The smallest absolute Gasteiger partial charge is 0.419 e. The zero-order valence-electron chi connectivity index (χ0n) is 24.1. The van der Waals surface area contributed by atoms with E-state index in [9.17, 15) is 14.4 Å². The van der Waals surface area contributed by atoms with Gasteiger partial charge < -0.3 is 24.3 Å². The highest BCUT2D eigenvalue weighted by atomic mass is 16.6. The number of hydrogen-bond donors (Lipinski definition) is 2. The van der Waals surface area contributed by atoms with Gasteiger partial charge in [-0.3, -0.25) is 14.7 Å². The molecule has 0 unspecified atom stereocenters. The van der Waals surface area contributed by atoms with Gasteiger partial charge in [0.05, 0.1) is 30.9 Å². The van der Waals surface area contributed by atoms with Gasteiger partial charge in [-0.2, -0.15) is 0 Å². The molecule has 1 atom stereocenters. The van der Waals surface area contributed by atoms with Gasteiger partial charge in [-0.05, 0) is 44.4 Å². The number of para-hydroxylation sites is 1. The van der Waals surface area contributed by atoms with E-state index < -0.39 is 35.3 Å². The normalized spacial score (nSPS) is 15.0. The third-order valence-corrected chi connectivity index (χ3v) is 6.56. The van der Waals surface area contributed by atoms with Gasteiger partial charge in [0.25, 0.3) is 0 Å². The molecule has 0 saturated carbocycles. The largest absolute Gasteiger partial charge is 0.465 e. The molecule has 1 fully saturated rings. The van der Waals surface area contributed by atoms with Crippen LogP contribution in [0.15, 0.2) is 60.8 Å². The number of alkyl carbamates (subject to hydrolysis) is 1. The molecule has 4 rings (SSSR count). The van der Waals surface area contributed by atoms with Crippen molar-refractivity contribution in [3.05, 3.63) is 71.9 Å². The standard InChI is InChI=1S/C31H39N3O7/c1-5-15-39-27(35)25(16-23-17-34(29(37)41-30(2,3)4)26-14-10-9-13-24(23)26)33-31(20-38-21-31)19-32-28(36)40-18-22-11-7-6-8-12-22/h6-14,17,25,33H,5,15-16,18-21H2,1-4H3,(H,32,36)/t25-/m0/s1. The van der Waals surface area contributed by atoms with Crippen LogP contribution in [0.5, 0.6) is 0 Å². The number of rotatable bonds is 11. The minimum Gasteiger partial charge on any atom is -0.465 e. The average molecular weight is 566 g/mol. The van der Waals surface area contributed by atoms with Crippen LogP contribution in [0.4, 0.5) is 9.59 Å². The number of amides is 1. The van der Waals surface area contributed by atoms with Crippen LogP contribution in [0, 0.1) is 0 Å². The molecule has 220 valence electrons. The monoisotopic (exact) mass is 565 g/mol. The van der Waals surface area contributed by atoms with E-state index >= 15 is 0 Å². The molecule has 0 radical (unpaired) electrons. The Balaban J connectivity index is 1.50. The lowest BCUT2D eigenvalue weighted by atomic mass is 9.94. The Morgan fingerprint density at radius 1 is 1.02 bits per heavy atom. The topological polar surface area (TPSA) is 117 Å². The summed E-state index contributed by atoms with van der Waals surface area (Å²) in [5, 5.41) is 7.02. The molecule has 2 N–H and O–H groups in total. The number of benzene rings is 2. The van der Waals surface area contributed by atoms with Gasteiger partial charge in [0.15, 0.2) is 0 Å². The zero-order valence-corrected chi connectivity index (χ0v) is 24.1. The molecule has 0 aliphatic carbocycles.